The van der Waals surface area contributed by atoms with Crippen LogP contribution in [0.25, 0.3) is 0 Å². The van der Waals surface area contributed by atoms with Gasteiger partial charge in [0.1, 0.15) is 6.17 Å². The number of hydrogen-bond acceptors (Lipinski definition) is 7. The third-order valence-electron chi connectivity index (χ3n) is 5.21. The van der Waals surface area contributed by atoms with Gasteiger partial charge in [0, 0.05) is 28.9 Å². The zero-order valence-electron chi connectivity index (χ0n) is 17.8. The summed E-state index contributed by atoms with van der Waals surface area (Å²) in [6.45, 7) is 0. The number of fused-ring (bicyclic) bond motifs is 1. The number of anilines is 1. The molecule has 1 heterocycles. The zero-order valence-corrected chi connectivity index (χ0v) is 17.8. The van der Waals surface area contributed by atoms with Gasteiger partial charge in [-0.1, -0.05) is 18.2 Å². The lowest BCUT2D eigenvalue weighted by Crippen LogP contribution is -2.52. The first-order valence-corrected chi connectivity index (χ1v) is 9.89. The number of rotatable bonds is 6. The molecule has 2 amide bonds. The number of nitrogens with one attached hydrogen (secondary N) is 2. The number of ether oxygens (including phenoxy) is 2. The molecule has 1 unspecified atom stereocenters. The zero-order chi connectivity index (χ0) is 23.5. The molecule has 0 saturated carbocycles. The second-order valence-electron chi connectivity index (χ2n) is 7.13. The number of nitrogens with zero attached hydrogens (tertiary/aromatic N) is 2. The molecule has 1 aliphatic rings. The van der Waals surface area contributed by atoms with E-state index in [1.165, 1.54) is 43.5 Å². The molecular weight excluding hydrogens is 428 g/mol. The van der Waals surface area contributed by atoms with Crippen molar-refractivity contribution in [2.24, 2.45) is 0 Å². The summed E-state index contributed by atoms with van der Waals surface area (Å²) in [6, 6.07) is 17.2. The molecule has 1 aliphatic heterocycles. The van der Waals surface area contributed by atoms with Crippen molar-refractivity contribution in [2.45, 2.75) is 6.17 Å². The molecule has 10 heteroatoms. The van der Waals surface area contributed by atoms with Gasteiger partial charge in [-0.2, -0.15) is 0 Å². The van der Waals surface area contributed by atoms with Crippen LogP contribution in [-0.4, -0.2) is 36.0 Å². The summed E-state index contributed by atoms with van der Waals surface area (Å²) >= 11 is 0. The average molecular weight is 448 g/mol. The maximum Gasteiger partial charge on any atom is 0.276 e. The van der Waals surface area contributed by atoms with E-state index in [9.17, 15) is 19.7 Å². The van der Waals surface area contributed by atoms with Crippen LogP contribution in [-0.2, 0) is 0 Å². The molecule has 0 aromatic heterocycles. The van der Waals surface area contributed by atoms with E-state index in [2.05, 4.69) is 10.7 Å². The molecule has 2 N–H and O–H groups in total. The first kappa shape index (κ1) is 21.6. The topological polar surface area (TPSA) is 123 Å². The van der Waals surface area contributed by atoms with Gasteiger partial charge in [0.15, 0.2) is 11.5 Å². The number of benzene rings is 3. The van der Waals surface area contributed by atoms with Gasteiger partial charge in [0.25, 0.3) is 17.5 Å². The molecule has 0 fully saturated rings. The molecule has 3 aromatic carbocycles. The molecule has 168 valence electrons. The highest BCUT2D eigenvalue weighted by Crippen LogP contribution is 2.36. The maximum atomic E-state index is 13.3. The lowest BCUT2D eigenvalue weighted by Gasteiger charge is -2.37. The van der Waals surface area contributed by atoms with E-state index in [4.69, 9.17) is 9.47 Å². The fraction of sp³-hybridized carbons (Fsp3) is 0.130. The normalized spacial score (nSPS) is 14.7. The molecule has 0 bridgehead atoms. The van der Waals surface area contributed by atoms with E-state index in [0.717, 1.165) is 0 Å². The van der Waals surface area contributed by atoms with Gasteiger partial charge in [-0.25, -0.2) is 5.01 Å². The van der Waals surface area contributed by atoms with Crippen molar-refractivity contribution >= 4 is 23.2 Å². The van der Waals surface area contributed by atoms with E-state index in [-0.39, 0.29) is 11.3 Å². The number of para-hydroxylation sites is 1. The van der Waals surface area contributed by atoms with E-state index in [1.54, 1.807) is 42.5 Å². The molecule has 3 aromatic rings. The minimum absolute atomic E-state index is 0.139. The largest absolute Gasteiger partial charge is 0.493 e. The minimum atomic E-state index is -0.755. The van der Waals surface area contributed by atoms with Crippen molar-refractivity contribution in [2.75, 3.05) is 19.5 Å². The second kappa shape index (κ2) is 8.87. The van der Waals surface area contributed by atoms with Crippen molar-refractivity contribution in [1.82, 2.24) is 10.4 Å². The monoisotopic (exact) mass is 448 g/mol. The van der Waals surface area contributed by atoms with E-state index >= 15 is 0 Å². The van der Waals surface area contributed by atoms with E-state index < -0.39 is 22.9 Å². The summed E-state index contributed by atoms with van der Waals surface area (Å²) in [5, 5.41) is 15.3. The standard InChI is InChI=1S/C23H20N4O6/c1-32-19-12-9-15(13-20(19)33-2)21-24-18-6-4-3-5-17(18)23(29)26(21)25-22(28)14-7-10-16(11-8-14)27(30)31/h3-13,21,24H,1-2H3,(H,25,28). The van der Waals surface area contributed by atoms with E-state index in [0.29, 0.717) is 28.3 Å². The quantitative estimate of drug-likeness (QED) is 0.437. The Hall–Kier alpha value is -4.60. The summed E-state index contributed by atoms with van der Waals surface area (Å²) in [5.74, 6) is -0.0284. The van der Waals surface area contributed by atoms with Crippen molar-refractivity contribution in [3.63, 3.8) is 0 Å². The van der Waals surface area contributed by atoms with Gasteiger partial charge in [-0.05, 0) is 36.4 Å². The van der Waals surface area contributed by atoms with Crippen LogP contribution < -0.4 is 20.2 Å². The Kier molecular flexibility index (Phi) is 5.81. The molecule has 33 heavy (non-hydrogen) atoms. The Morgan fingerprint density at radius 1 is 1.03 bits per heavy atom. The highest BCUT2D eigenvalue weighted by Gasteiger charge is 2.35. The summed E-state index contributed by atoms with van der Waals surface area (Å²) in [7, 11) is 3.03. The summed E-state index contributed by atoms with van der Waals surface area (Å²) in [5.41, 5.74) is 4.29. The van der Waals surface area contributed by atoms with Gasteiger partial charge in [-0.3, -0.25) is 25.1 Å². The fourth-order valence-electron chi connectivity index (χ4n) is 3.53. The Balaban J connectivity index is 1.70. The first-order chi connectivity index (χ1) is 15.9. The van der Waals surface area contributed by atoms with Gasteiger partial charge >= 0.3 is 0 Å². The number of carbonyl (C=O) groups is 2. The third-order valence-corrected chi connectivity index (χ3v) is 5.21. The number of nitro benzene ring substituents is 1. The molecule has 1 atom stereocenters. The lowest BCUT2D eigenvalue weighted by molar-refractivity contribution is -0.384. The molecule has 10 nitrogen and oxygen atoms in total. The highest BCUT2D eigenvalue weighted by molar-refractivity contribution is 6.04. The smallest absolute Gasteiger partial charge is 0.276 e. The Morgan fingerprint density at radius 3 is 2.39 bits per heavy atom. The summed E-state index contributed by atoms with van der Waals surface area (Å²) < 4.78 is 10.7. The summed E-state index contributed by atoms with van der Waals surface area (Å²) in [6.07, 6.45) is -0.755. The van der Waals surface area contributed by atoms with Crippen LogP contribution in [0.5, 0.6) is 11.5 Å². The second-order valence-corrected chi connectivity index (χ2v) is 7.13. The fourth-order valence-corrected chi connectivity index (χ4v) is 3.53. The number of carbonyl (C=O) groups excluding carboxylic acids is 2. The molecule has 0 saturated heterocycles. The van der Waals surface area contributed by atoms with Gasteiger partial charge in [-0.15, -0.1) is 0 Å². The molecule has 0 spiro atoms. The average Bonchev–Trinajstić information content (AvgIpc) is 2.85. The predicted octanol–water partition coefficient (Wildman–Crippen LogP) is 3.52. The van der Waals surface area contributed by atoms with Crippen molar-refractivity contribution in [1.29, 1.82) is 0 Å². The maximum absolute atomic E-state index is 13.3. The number of hydrogen-bond donors (Lipinski definition) is 2. The molecule has 0 radical (unpaired) electrons. The van der Waals surface area contributed by atoms with Crippen LogP contribution in [0.1, 0.15) is 32.4 Å². The third kappa shape index (κ3) is 4.13. The van der Waals surface area contributed by atoms with E-state index in [1.807, 2.05) is 0 Å². The minimum Gasteiger partial charge on any atom is -0.493 e. The number of non-ortho nitro benzene ring substituents is 1. The summed E-state index contributed by atoms with van der Waals surface area (Å²) in [4.78, 5) is 36.5. The van der Waals surface area contributed by atoms with Crippen LogP contribution >= 0.6 is 0 Å². The Bertz CT molecular complexity index is 1230. The molecular formula is C23H20N4O6. The van der Waals surface area contributed by atoms with Crippen molar-refractivity contribution < 1.29 is 24.0 Å². The first-order valence-electron chi connectivity index (χ1n) is 9.89. The number of hydrazine groups is 1. The number of methoxy groups -OCH3 is 2. The van der Waals surface area contributed by atoms with Crippen molar-refractivity contribution in [3.8, 4) is 11.5 Å². The number of amides is 2. The van der Waals surface area contributed by atoms with Crippen LogP contribution in [0.3, 0.4) is 0 Å². The van der Waals surface area contributed by atoms with Crippen molar-refractivity contribution in [3.05, 3.63) is 93.5 Å². The lowest BCUT2D eigenvalue weighted by atomic mass is 10.0. The Morgan fingerprint density at radius 2 is 1.73 bits per heavy atom. The van der Waals surface area contributed by atoms with Crippen LogP contribution in [0.15, 0.2) is 66.7 Å². The van der Waals surface area contributed by atoms with Crippen LogP contribution in [0.4, 0.5) is 11.4 Å². The predicted molar refractivity (Wildman–Crippen MR) is 119 cm³/mol. The molecule has 4 rings (SSSR count). The van der Waals surface area contributed by atoms with Gasteiger partial charge < -0.3 is 14.8 Å². The van der Waals surface area contributed by atoms with Gasteiger partial charge in [0.05, 0.1) is 24.7 Å². The SMILES string of the molecule is COc1ccc(C2Nc3ccccc3C(=O)N2NC(=O)c2ccc([N+](=O)[O-])cc2)cc1OC. The highest BCUT2D eigenvalue weighted by atomic mass is 16.6. The van der Waals surface area contributed by atoms with Crippen LogP contribution in [0, 0.1) is 10.1 Å². The number of nitro groups is 1. The molecule has 0 aliphatic carbocycles. The van der Waals surface area contributed by atoms with Crippen LogP contribution in [0.2, 0.25) is 0 Å². The Labute approximate surface area is 188 Å². The van der Waals surface area contributed by atoms with Gasteiger partial charge in [0.2, 0.25) is 0 Å².